The van der Waals surface area contributed by atoms with E-state index in [4.69, 9.17) is 0 Å². The second-order valence-electron chi connectivity index (χ2n) is 3.42. The summed E-state index contributed by atoms with van der Waals surface area (Å²) in [5.41, 5.74) is 2.12. The molecule has 0 radical (unpaired) electrons. The van der Waals surface area contributed by atoms with Crippen molar-refractivity contribution in [2.45, 2.75) is 0 Å². The van der Waals surface area contributed by atoms with Gasteiger partial charge >= 0.3 is 0 Å². The fraction of sp³-hybridized carbons (Fsp3) is 0.167. The first kappa shape index (κ1) is 9.93. The molecule has 0 fully saturated rings. The molecule has 0 amide bonds. The molecule has 0 aliphatic carbocycles. The van der Waals surface area contributed by atoms with Crippen LogP contribution in [-0.4, -0.2) is 24.5 Å². The lowest BCUT2D eigenvalue weighted by atomic mass is 10.1. The number of rotatable bonds is 2. The van der Waals surface area contributed by atoms with Crippen LogP contribution in [0.3, 0.4) is 0 Å². The molecule has 2 aromatic rings. The summed E-state index contributed by atoms with van der Waals surface area (Å²) in [5.74, 6) is 0. The summed E-state index contributed by atoms with van der Waals surface area (Å²) in [5, 5.41) is 4.16. The minimum Gasteiger partial charge on any atom is -0.280 e. The van der Waals surface area contributed by atoms with E-state index in [2.05, 4.69) is 45.0 Å². The molecule has 3 rings (SSSR count). The van der Waals surface area contributed by atoms with Crippen LogP contribution in [0.2, 0.25) is 0 Å². The van der Waals surface area contributed by atoms with Crippen molar-refractivity contribution in [3.05, 3.63) is 44.8 Å². The lowest BCUT2D eigenvalue weighted by Crippen LogP contribution is -2.20. The molecule has 1 aliphatic heterocycles. The smallest absolute Gasteiger partial charge is 0.101 e. The molecule has 0 aromatic carbocycles. The number of hydrogen-bond acceptors (Lipinski definition) is 4. The molecule has 0 saturated heterocycles. The molecule has 2 nitrogen and oxygen atoms in total. The third-order valence-electron chi connectivity index (χ3n) is 2.37. The molecule has 1 aliphatic rings. The Balaban J connectivity index is 2.04. The molecule has 3 heterocycles. The Morgan fingerprint density at radius 3 is 1.69 bits per heavy atom. The van der Waals surface area contributed by atoms with E-state index in [9.17, 15) is 0 Å². The summed E-state index contributed by atoms with van der Waals surface area (Å²) < 4.78 is 0. The number of aliphatic imine (C=N–C) groups is 2. The zero-order valence-electron chi connectivity index (χ0n) is 8.59. The van der Waals surface area contributed by atoms with E-state index in [0.717, 1.165) is 24.5 Å². The minimum atomic E-state index is 0.808. The van der Waals surface area contributed by atoms with Crippen molar-refractivity contribution < 1.29 is 0 Å². The Kier molecular flexibility index (Phi) is 2.68. The van der Waals surface area contributed by atoms with Crippen molar-refractivity contribution in [3.63, 3.8) is 0 Å². The summed E-state index contributed by atoms with van der Waals surface area (Å²) in [7, 11) is 0. The quantitative estimate of drug-likeness (QED) is 0.778. The van der Waals surface area contributed by atoms with Gasteiger partial charge in [-0.05, 0) is 22.9 Å². The first-order chi connectivity index (χ1) is 7.95. The highest BCUT2D eigenvalue weighted by Gasteiger charge is 2.17. The van der Waals surface area contributed by atoms with Gasteiger partial charge in [0.05, 0.1) is 22.8 Å². The molecule has 80 valence electrons. The average Bonchev–Trinajstić information content (AvgIpc) is 3.03. The van der Waals surface area contributed by atoms with E-state index in [1.165, 1.54) is 9.75 Å². The highest BCUT2D eigenvalue weighted by Crippen LogP contribution is 2.19. The van der Waals surface area contributed by atoms with Gasteiger partial charge in [-0.15, -0.1) is 22.7 Å². The van der Waals surface area contributed by atoms with Crippen LogP contribution >= 0.6 is 22.7 Å². The largest absolute Gasteiger partial charge is 0.280 e. The summed E-state index contributed by atoms with van der Waals surface area (Å²) >= 11 is 3.45. The maximum absolute atomic E-state index is 4.61. The number of nitrogens with zero attached hydrogens (tertiary/aromatic N) is 2. The molecule has 0 N–H and O–H groups in total. The SMILES string of the molecule is c1csc(C2=NCCN=C2c2cccs2)c1. The summed E-state index contributed by atoms with van der Waals surface area (Å²) in [6.45, 7) is 1.62. The van der Waals surface area contributed by atoms with Gasteiger partial charge in [-0.25, -0.2) is 0 Å². The van der Waals surface area contributed by atoms with Crippen molar-refractivity contribution in [1.82, 2.24) is 0 Å². The Morgan fingerprint density at radius 2 is 1.31 bits per heavy atom. The van der Waals surface area contributed by atoms with Gasteiger partial charge in [0, 0.05) is 0 Å². The van der Waals surface area contributed by atoms with Crippen LogP contribution in [0, 0.1) is 0 Å². The second kappa shape index (κ2) is 4.31. The highest BCUT2D eigenvalue weighted by atomic mass is 32.1. The van der Waals surface area contributed by atoms with Crippen LogP contribution in [0.15, 0.2) is 45.0 Å². The molecule has 0 saturated carbocycles. The topological polar surface area (TPSA) is 24.7 Å². The first-order valence-electron chi connectivity index (χ1n) is 5.12. The van der Waals surface area contributed by atoms with Gasteiger partial charge in [0.25, 0.3) is 0 Å². The monoisotopic (exact) mass is 246 g/mol. The van der Waals surface area contributed by atoms with Crippen LogP contribution in [0.5, 0.6) is 0 Å². The van der Waals surface area contributed by atoms with Gasteiger partial charge in [-0.2, -0.15) is 0 Å². The first-order valence-corrected chi connectivity index (χ1v) is 6.88. The summed E-state index contributed by atoms with van der Waals surface area (Å²) in [6.07, 6.45) is 0. The Bertz CT molecular complexity index is 471. The fourth-order valence-electron chi connectivity index (χ4n) is 1.69. The maximum Gasteiger partial charge on any atom is 0.101 e. The van der Waals surface area contributed by atoms with Crippen LogP contribution in [0.25, 0.3) is 0 Å². The van der Waals surface area contributed by atoms with Crippen molar-refractivity contribution >= 4 is 34.1 Å². The lowest BCUT2D eigenvalue weighted by Gasteiger charge is -2.11. The highest BCUT2D eigenvalue weighted by molar-refractivity contribution is 7.15. The predicted octanol–water partition coefficient (Wildman–Crippen LogP) is 3.10. The van der Waals surface area contributed by atoms with E-state index < -0.39 is 0 Å². The van der Waals surface area contributed by atoms with Crippen molar-refractivity contribution in [2.75, 3.05) is 13.1 Å². The molecule has 16 heavy (non-hydrogen) atoms. The summed E-state index contributed by atoms with van der Waals surface area (Å²) in [6, 6.07) is 8.34. The van der Waals surface area contributed by atoms with Gasteiger partial charge in [-0.1, -0.05) is 12.1 Å². The number of thiophene rings is 2. The van der Waals surface area contributed by atoms with Crippen LogP contribution in [0.1, 0.15) is 9.75 Å². The van der Waals surface area contributed by atoms with Crippen LogP contribution < -0.4 is 0 Å². The second-order valence-corrected chi connectivity index (χ2v) is 5.31. The van der Waals surface area contributed by atoms with Crippen LogP contribution in [-0.2, 0) is 0 Å². The van der Waals surface area contributed by atoms with Gasteiger partial charge in [0.15, 0.2) is 0 Å². The molecule has 0 bridgehead atoms. The molecule has 0 atom stereocenters. The lowest BCUT2D eigenvalue weighted by molar-refractivity contribution is 0.966. The number of hydrogen-bond donors (Lipinski definition) is 0. The zero-order chi connectivity index (χ0) is 10.8. The standard InChI is InChI=1S/C12H10N2S2/c1-3-9(15-7-1)11-12(14-6-5-13-11)10-4-2-8-16-10/h1-4,7-8H,5-6H2. The van der Waals surface area contributed by atoms with Gasteiger partial charge in [0.2, 0.25) is 0 Å². The Morgan fingerprint density at radius 1 is 0.812 bits per heavy atom. The fourth-order valence-corrected chi connectivity index (χ4v) is 3.16. The zero-order valence-corrected chi connectivity index (χ0v) is 10.2. The third-order valence-corrected chi connectivity index (χ3v) is 4.13. The van der Waals surface area contributed by atoms with E-state index >= 15 is 0 Å². The Hall–Kier alpha value is -1.26. The summed E-state index contributed by atoms with van der Waals surface area (Å²) in [4.78, 5) is 11.7. The molecular formula is C12H10N2S2. The van der Waals surface area contributed by atoms with Gasteiger partial charge in [0.1, 0.15) is 11.4 Å². The van der Waals surface area contributed by atoms with E-state index in [0.29, 0.717) is 0 Å². The van der Waals surface area contributed by atoms with E-state index in [1.54, 1.807) is 22.7 Å². The van der Waals surface area contributed by atoms with E-state index in [-0.39, 0.29) is 0 Å². The molecular weight excluding hydrogens is 236 g/mol. The Labute approximate surface area is 102 Å². The van der Waals surface area contributed by atoms with Crippen molar-refractivity contribution in [3.8, 4) is 0 Å². The van der Waals surface area contributed by atoms with Crippen molar-refractivity contribution in [2.24, 2.45) is 9.98 Å². The molecule has 2 aromatic heterocycles. The van der Waals surface area contributed by atoms with Gasteiger partial charge < -0.3 is 0 Å². The third kappa shape index (κ3) is 1.74. The minimum absolute atomic E-state index is 0.808. The van der Waals surface area contributed by atoms with Crippen LogP contribution in [0.4, 0.5) is 0 Å². The molecule has 4 heteroatoms. The van der Waals surface area contributed by atoms with E-state index in [1.807, 2.05) is 0 Å². The van der Waals surface area contributed by atoms with Gasteiger partial charge in [-0.3, -0.25) is 9.98 Å². The van der Waals surface area contributed by atoms with Crippen molar-refractivity contribution in [1.29, 1.82) is 0 Å². The average molecular weight is 246 g/mol. The maximum atomic E-state index is 4.61. The predicted molar refractivity (Wildman–Crippen MR) is 71.4 cm³/mol. The normalized spacial score (nSPS) is 15.8. The molecule has 0 unspecified atom stereocenters. The molecule has 0 spiro atoms.